The molecule has 1 amide bonds. The van der Waals surface area contributed by atoms with E-state index < -0.39 is 0 Å². The highest BCUT2D eigenvalue weighted by Crippen LogP contribution is 2.16. The van der Waals surface area contributed by atoms with Crippen LogP contribution in [-0.4, -0.2) is 43.8 Å². The molecule has 1 aromatic carbocycles. The summed E-state index contributed by atoms with van der Waals surface area (Å²) in [6, 6.07) is 7.46. The molecule has 0 bridgehead atoms. The van der Waals surface area contributed by atoms with Crippen LogP contribution in [0.5, 0.6) is 5.75 Å². The molecule has 1 aromatic rings. The number of carbonyl (C=O) groups excluding carboxylic acids is 1. The third-order valence-electron chi connectivity index (χ3n) is 4.71. The van der Waals surface area contributed by atoms with Crippen LogP contribution in [0, 0.1) is 0 Å². The molecule has 0 radical (unpaired) electrons. The van der Waals surface area contributed by atoms with Crippen molar-refractivity contribution in [2.24, 2.45) is 0 Å². The van der Waals surface area contributed by atoms with Crippen molar-refractivity contribution in [2.75, 3.05) is 38.2 Å². The molecule has 0 atom stereocenters. The van der Waals surface area contributed by atoms with Gasteiger partial charge in [-0.3, -0.25) is 10.2 Å². The second-order valence-electron chi connectivity index (χ2n) is 6.95. The number of piperidine rings is 1. The van der Waals surface area contributed by atoms with Crippen molar-refractivity contribution in [3.63, 3.8) is 0 Å². The predicted molar refractivity (Wildman–Crippen MR) is 106 cm³/mol. The third kappa shape index (κ3) is 8.56. The lowest BCUT2D eigenvalue weighted by Crippen LogP contribution is -2.33. The molecule has 2 rings (SSSR count). The van der Waals surface area contributed by atoms with Gasteiger partial charge in [-0.05, 0) is 56.6 Å². The number of carbonyl (C=O) groups is 1. The summed E-state index contributed by atoms with van der Waals surface area (Å²) < 4.78 is 11.0. The van der Waals surface area contributed by atoms with Gasteiger partial charge in [0.2, 0.25) is 0 Å². The quantitative estimate of drug-likeness (QED) is 0.558. The van der Waals surface area contributed by atoms with Gasteiger partial charge in [-0.15, -0.1) is 0 Å². The second-order valence-corrected chi connectivity index (χ2v) is 6.95. The average Bonchev–Trinajstić information content (AvgIpc) is 2.67. The molecule has 0 saturated carbocycles. The summed E-state index contributed by atoms with van der Waals surface area (Å²) in [5.41, 5.74) is 0.726. The normalized spacial score (nSPS) is 14.8. The zero-order chi connectivity index (χ0) is 18.5. The lowest BCUT2D eigenvalue weighted by atomic mass is 10.1. The van der Waals surface area contributed by atoms with Crippen molar-refractivity contribution in [2.45, 2.75) is 58.3 Å². The Morgan fingerprint density at radius 3 is 2.46 bits per heavy atom. The number of hydrogen-bond acceptors (Lipinski definition) is 4. The van der Waals surface area contributed by atoms with Gasteiger partial charge in [0.15, 0.2) is 0 Å². The molecule has 5 nitrogen and oxygen atoms in total. The first-order valence-corrected chi connectivity index (χ1v) is 10.2. The molecule has 146 valence electrons. The van der Waals surface area contributed by atoms with Crippen LogP contribution in [0.2, 0.25) is 0 Å². The molecular formula is C21H34N2O3. The summed E-state index contributed by atoms with van der Waals surface area (Å²) >= 11 is 0. The predicted octanol–water partition coefficient (Wildman–Crippen LogP) is 5.07. The molecule has 1 aliphatic heterocycles. The van der Waals surface area contributed by atoms with Gasteiger partial charge in [-0.25, -0.2) is 4.79 Å². The zero-order valence-electron chi connectivity index (χ0n) is 16.2. The molecule has 0 aliphatic carbocycles. The number of amides is 1. The highest BCUT2D eigenvalue weighted by Gasteiger charge is 2.09. The van der Waals surface area contributed by atoms with Gasteiger partial charge in [0.25, 0.3) is 0 Å². The fourth-order valence-corrected chi connectivity index (χ4v) is 3.13. The minimum atomic E-state index is -0.390. The molecule has 0 unspecified atom stereocenters. The summed E-state index contributed by atoms with van der Waals surface area (Å²) in [6.07, 6.45) is 9.29. The SMILES string of the molecule is CCCCCCCOC(=O)Nc1ccc(OCCN2CCCCC2)cc1. The smallest absolute Gasteiger partial charge is 0.411 e. The molecule has 0 spiro atoms. The van der Waals surface area contributed by atoms with Crippen LogP contribution in [0.15, 0.2) is 24.3 Å². The molecule has 5 heteroatoms. The highest BCUT2D eigenvalue weighted by molar-refractivity contribution is 5.84. The Hall–Kier alpha value is -1.75. The standard InChI is InChI=1S/C21H34N2O3/c1-2-3-4-5-9-17-26-21(24)22-19-10-12-20(13-11-19)25-18-16-23-14-7-6-8-15-23/h10-13H,2-9,14-18H2,1H3,(H,22,24). The van der Waals surface area contributed by atoms with Crippen molar-refractivity contribution < 1.29 is 14.3 Å². The van der Waals surface area contributed by atoms with E-state index >= 15 is 0 Å². The lowest BCUT2D eigenvalue weighted by molar-refractivity contribution is 0.159. The summed E-state index contributed by atoms with van der Waals surface area (Å²) in [6.45, 7) is 6.72. The average molecular weight is 363 g/mol. The van der Waals surface area contributed by atoms with Crippen LogP contribution in [-0.2, 0) is 4.74 Å². The van der Waals surface area contributed by atoms with Gasteiger partial charge < -0.3 is 9.47 Å². The molecular weight excluding hydrogens is 328 g/mol. The fourth-order valence-electron chi connectivity index (χ4n) is 3.13. The van der Waals surface area contributed by atoms with Crippen LogP contribution in [0.25, 0.3) is 0 Å². The number of hydrogen-bond donors (Lipinski definition) is 1. The van der Waals surface area contributed by atoms with E-state index in [-0.39, 0.29) is 6.09 Å². The molecule has 0 aromatic heterocycles. The van der Waals surface area contributed by atoms with E-state index in [1.54, 1.807) is 0 Å². The Morgan fingerprint density at radius 2 is 1.73 bits per heavy atom. The Labute approximate surface area is 158 Å². The number of rotatable bonds is 11. The largest absolute Gasteiger partial charge is 0.492 e. The number of unbranched alkanes of at least 4 members (excludes halogenated alkanes) is 4. The van der Waals surface area contributed by atoms with Crippen molar-refractivity contribution in [3.05, 3.63) is 24.3 Å². The molecule has 1 aliphatic rings. The van der Waals surface area contributed by atoms with Crippen LogP contribution >= 0.6 is 0 Å². The summed E-state index contributed by atoms with van der Waals surface area (Å²) in [5.74, 6) is 0.830. The van der Waals surface area contributed by atoms with E-state index in [1.807, 2.05) is 24.3 Å². The zero-order valence-corrected chi connectivity index (χ0v) is 16.2. The summed E-state index contributed by atoms with van der Waals surface area (Å²) in [5, 5.41) is 2.75. The van der Waals surface area contributed by atoms with Crippen molar-refractivity contribution in [3.8, 4) is 5.75 Å². The third-order valence-corrected chi connectivity index (χ3v) is 4.71. The molecule has 1 saturated heterocycles. The number of benzene rings is 1. The van der Waals surface area contributed by atoms with Gasteiger partial charge in [-0.1, -0.05) is 39.0 Å². The maximum Gasteiger partial charge on any atom is 0.411 e. The maximum atomic E-state index is 11.8. The Morgan fingerprint density at radius 1 is 1.00 bits per heavy atom. The minimum Gasteiger partial charge on any atom is -0.492 e. The first-order chi connectivity index (χ1) is 12.8. The monoisotopic (exact) mass is 362 g/mol. The van der Waals surface area contributed by atoms with E-state index in [4.69, 9.17) is 9.47 Å². The molecule has 1 fully saturated rings. The van der Waals surface area contributed by atoms with Gasteiger partial charge in [-0.2, -0.15) is 0 Å². The Balaban J connectivity index is 1.58. The van der Waals surface area contributed by atoms with Crippen LogP contribution in [0.3, 0.4) is 0 Å². The van der Waals surface area contributed by atoms with Gasteiger partial charge in [0.1, 0.15) is 12.4 Å². The molecule has 26 heavy (non-hydrogen) atoms. The summed E-state index contributed by atoms with van der Waals surface area (Å²) in [7, 11) is 0. The first kappa shape index (κ1) is 20.6. The summed E-state index contributed by atoms with van der Waals surface area (Å²) in [4.78, 5) is 14.2. The number of nitrogens with zero attached hydrogens (tertiary/aromatic N) is 1. The van der Waals surface area contributed by atoms with Crippen LogP contribution < -0.4 is 10.1 Å². The van der Waals surface area contributed by atoms with E-state index in [0.29, 0.717) is 13.2 Å². The Bertz CT molecular complexity index is 498. The Kier molecular flexibility index (Phi) is 9.95. The number of anilines is 1. The minimum absolute atomic E-state index is 0.390. The van der Waals surface area contributed by atoms with E-state index in [2.05, 4.69) is 17.1 Å². The highest BCUT2D eigenvalue weighted by atomic mass is 16.5. The van der Waals surface area contributed by atoms with E-state index in [1.165, 1.54) is 51.6 Å². The van der Waals surface area contributed by atoms with Gasteiger partial charge >= 0.3 is 6.09 Å². The van der Waals surface area contributed by atoms with Gasteiger partial charge in [0.05, 0.1) is 6.61 Å². The van der Waals surface area contributed by atoms with E-state index in [0.717, 1.165) is 30.8 Å². The van der Waals surface area contributed by atoms with Crippen molar-refractivity contribution >= 4 is 11.8 Å². The van der Waals surface area contributed by atoms with Crippen LogP contribution in [0.4, 0.5) is 10.5 Å². The topological polar surface area (TPSA) is 50.8 Å². The molecule has 1 N–H and O–H groups in total. The van der Waals surface area contributed by atoms with Gasteiger partial charge in [0, 0.05) is 12.2 Å². The molecule has 1 heterocycles. The van der Waals surface area contributed by atoms with Crippen molar-refractivity contribution in [1.82, 2.24) is 4.90 Å². The fraction of sp³-hybridized carbons (Fsp3) is 0.667. The number of likely N-dealkylation sites (tertiary alicyclic amines) is 1. The number of ether oxygens (including phenoxy) is 2. The lowest BCUT2D eigenvalue weighted by Gasteiger charge is -2.26. The van der Waals surface area contributed by atoms with E-state index in [9.17, 15) is 4.79 Å². The number of nitrogens with one attached hydrogen (secondary N) is 1. The second kappa shape index (κ2) is 12.6. The van der Waals surface area contributed by atoms with Crippen molar-refractivity contribution in [1.29, 1.82) is 0 Å². The maximum absolute atomic E-state index is 11.8. The first-order valence-electron chi connectivity index (χ1n) is 10.2. The van der Waals surface area contributed by atoms with Crippen LogP contribution in [0.1, 0.15) is 58.3 Å².